The number of aliphatic hydroxyl groups is 1. The smallest absolute Gasteiger partial charge is 0.335 e. The number of hydrogen-bond donors (Lipinski definition) is 2. The van der Waals surface area contributed by atoms with Gasteiger partial charge in [0.05, 0.1) is 5.56 Å². The summed E-state index contributed by atoms with van der Waals surface area (Å²) in [6.07, 6.45) is 1.21. The summed E-state index contributed by atoms with van der Waals surface area (Å²) in [6, 6.07) is 6.86. The zero-order valence-corrected chi connectivity index (χ0v) is 7.23. The van der Waals surface area contributed by atoms with Crippen molar-refractivity contribution < 1.29 is 15.0 Å². The van der Waals surface area contributed by atoms with E-state index in [0.717, 1.165) is 5.56 Å². The van der Waals surface area contributed by atoms with Crippen LogP contribution in [0, 0.1) is 0 Å². The van der Waals surface area contributed by atoms with E-state index in [4.69, 9.17) is 10.2 Å². The maximum atomic E-state index is 10.7. The number of benzene rings is 1. The summed E-state index contributed by atoms with van der Waals surface area (Å²) in [4.78, 5) is 10.7. The largest absolute Gasteiger partial charge is 0.478 e. The minimum atomic E-state index is -0.909. The summed E-state index contributed by atoms with van der Waals surface area (Å²) in [5.41, 5.74) is 1.11. The van der Waals surface area contributed by atoms with Crippen molar-refractivity contribution in [2.75, 3.05) is 6.61 Å². The van der Waals surface area contributed by atoms with Crippen molar-refractivity contribution in [2.24, 2.45) is 0 Å². The predicted octanol–water partition coefficient (Wildman–Crippen LogP) is 1.31. The molecule has 0 aliphatic heterocycles. The highest BCUT2D eigenvalue weighted by Gasteiger charge is 2.07. The Morgan fingerprint density at radius 2 is 2.00 bits per heavy atom. The first kappa shape index (κ1) is 9.74. The number of carbonyl (C=O) groups is 1. The summed E-state index contributed by atoms with van der Waals surface area (Å²) in [6.45, 7) is 0.0912. The van der Waals surface area contributed by atoms with E-state index in [1.807, 2.05) is 0 Å². The van der Waals surface area contributed by atoms with E-state index < -0.39 is 5.97 Å². The van der Waals surface area contributed by atoms with Gasteiger partial charge in [0.25, 0.3) is 0 Å². The fourth-order valence-corrected chi connectivity index (χ4v) is 1.22. The van der Waals surface area contributed by atoms with Gasteiger partial charge in [0.15, 0.2) is 0 Å². The Morgan fingerprint density at radius 1 is 1.31 bits per heavy atom. The Labute approximate surface area is 76.6 Å². The summed E-state index contributed by atoms with van der Waals surface area (Å²) in [5, 5.41) is 17.4. The lowest BCUT2D eigenvalue weighted by Gasteiger charge is -2.03. The Morgan fingerprint density at radius 3 is 2.62 bits per heavy atom. The predicted molar refractivity (Wildman–Crippen MR) is 48.8 cm³/mol. The van der Waals surface area contributed by atoms with E-state index in [0.29, 0.717) is 18.4 Å². The lowest BCUT2D eigenvalue weighted by atomic mass is 10.0. The van der Waals surface area contributed by atoms with Gasteiger partial charge in [-0.05, 0) is 24.5 Å². The van der Waals surface area contributed by atoms with Crippen LogP contribution in [-0.4, -0.2) is 22.8 Å². The summed E-state index contributed by atoms with van der Waals surface area (Å²) in [7, 11) is 0. The molecule has 0 heterocycles. The zero-order valence-electron chi connectivity index (χ0n) is 7.23. The van der Waals surface area contributed by atoms with E-state index in [-0.39, 0.29) is 6.61 Å². The maximum Gasteiger partial charge on any atom is 0.335 e. The third kappa shape index (κ3) is 2.56. The number of rotatable bonds is 4. The SMILES string of the molecule is O=C(O)c1ccccc1CCCO. The van der Waals surface area contributed by atoms with E-state index in [1.165, 1.54) is 0 Å². The molecule has 13 heavy (non-hydrogen) atoms. The second kappa shape index (κ2) is 4.62. The molecule has 0 bridgehead atoms. The van der Waals surface area contributed by atoms with Crippen LogP contribution in [-0.2, 0) is 6.42 Å². The Hall–Kier alpha value is -1.35. The van der Waals surface area contributed by atoms with E-state index in [1.54, 1.807) is 24.3 Å². The van der Waals surface area contributed by atoms with Crippen LogP contribution in [0.2, 0.25) is 0 Å². The van der Waals surface area contributed by atoms with Crippen LogP contribution in [0.4, 0.5) is 0 Å². The van der Waals surface area contributed by atoms with Gasteiger partial charge in [0.1, 0.15) is 0 Å². The fourth-order valence-electron chi connectivity index (χ4n) is 1.22. The van der Waals surface area contributed by atoms with E-state index in [2.05, 4.69) is 0 Å². The molecule has 3 nitrogen and oxygen atoms in total. The minimum Gasteiger partial charge on any atom is -0.478 e. The molecular weight excluding hydrogens is 168 g/mol. The van der Waals surface area contributed by atoms with Crippen LogP contribution in [0.1, 0.15) is 22.3 Å². The van der Waals surface area contributed by atoms with Gasteiger partial charge in [-0.15, -0.1) is 0 Å². The molecule has 0 radical (unpaired) electrons. The van der Waals surface area contributed by atoms with Crippen molar-refractivity contribution >= 4 is 5.97 Å². The molecule has 0 unspecified atom stereocenters. The summed E-state index contributed by atoms with van der Waals surface area (Å²) >= 11 is 0. The van der Waals surface area contributed by atoms with Gasteiger partial charge in [-0.1, -0.05) is 18.2 Å². The van der Waals surface area contributed by atoms with Gasteiger partial charge in [-0.25, -0.2) is 4.79 Å². The van der Waals surface area contributed by atoms with Crippen LogP contribution in [0.3, 0.4) is 0 Å². The molecule has 0 spiro atoms. The number of aromatic carboxylic acids is 1. The van der Waals surface area contributed by atoms with Gasteiger partial charge >= 0.3 is 5.97 Å². The topological polar surface area (TPSA) is 57.5 Å². The highest BCUT2D eigenvalue weighted by Crippen LogP contribution is 2.10. The highest BCUT2D eigenvalue weighted by atomic mass is 16.4. The van der Waals surface area contributed by atoms with Gasteiger partial charge in [-0.2, -0.15) is 0 Å². The molecular formula is C10H12O3. The van der Waals surface area contributed by atoms with Gasteiger partial charge < -0.3 is 10.2 Å². The van der Waals surface area contributed by atoms with E-state index in [9.17, 15) is 4.79 Å². The molecule has 0 fully saturated rings. The van der Waals surface area contributed by atoms with Crippen molar-refractivity contribution in [1.29, 1.82) is 0 Å². The monoisotopic (exact) mass is 180 g/mol. The third-order valence-electron chi connectivity index (χ3n) is 1.85. The second-order valence-electron chi connectivity index (χ2n) is 2.79. The fraction of sp³-hybridized carbons (Fsp3) is 0.300. The first-order valence-electron chi connectivity index (χ1n) is 4.17. The van der Waals surface area contributed by atoms with Crippen LogP contribution in [0.15, 0.2) is 24.3 Å². The number of aryl methyl sites for hydroxylation is 1. The molecule has 0 saturated carbocycles. The lowest BCUT2D eigenvalue weighted by Crippen LogP contribution is -2.02. The van der Waals surface area contributed by atoms with Crippen LogP contribution >= 0.6 is 0 Å². The normalized spacial score (nSPS) is 9.92. The molecule has 2 N–H and O–H groups in total. The van der Waals surface area contributed by atoms with Crippen molar-refractivity contribution in [3.05, 3.63) is 35.4 Å². The van der Waals surface area contributed by atoms with Crippen molar-refractivity contribution in [1.82, 2.24) is 0 Å². The Bertz CT molecular complexity index is 294. The van der Waals surface area contributed by atoms with Crippen molar-refractivity contribution in [3.63, 3.8) is 0 Å². The number of carboxylic acid groups (broad SMARTS) is 1. The molecule has 0 saturated heterocycles. The standard InChI is InChI=1S/C10H12O3/c11-7-3-5-8-4-1-2-6-9(8)10(12)13/h1-2,4,6,11H,3,5,7H2,(H,12,13). The summed E-state index contributed by atoms with van der Waals surface area (Å²) < 4.78 is 0. The number of aliphatic hydroxyl groups excluding tert-OH is 1. The van der Waals surface area contributed by atoms with Gasteiger partial charge in [-0.3, -0.25) is 0 Å². The Kier molecular flexibility index (Phi) is 3.46. The number of hydrogen-bond acceptors (Lipinski definition) is 2. The molecule has 0 aliphatic rings. The highest BCUT2D eigenvalue weighted by molar-refractivity contribution is 5.89. The minimum absolute atomic E-state index is 0.0912. The molecule has 1 aromatic carbocycles. The van der Waals surface area contributed by atoms with Gasteiger partial charge in [0, 0.05) is 6.61 Å². The van der Waals surface area contributed by atoms with Crippen molar-refractivity contribution in [2.45, 2.75) is 12.8 Å². The molecule has 1 rings (SSSR count). The summed E-state index contributed by atoms with van der Waals surface area (Å²) in [5.74, 6) is -0.909. The molecule has 3 heteroatoms. The second-order valence-corrected chi connectivity index (χ2v) is 2.79. The van der Waals surface area contributed by atoms with Crippen LogP contribution in [0.25, 0.3) is 0 Å². The molecule has 70 valence electrons. The third-order valence-corrected chi connectivity index (χ3v) is 1.85. The molecule has 0 aliphatic carbocycles. The maximum absolute atomic E-state index is 10.7. The first-order valence-corrected chi connectivity index (χ1v) is 4.17. The van der Waals surface area contributed by atoms with E-state index >= 15 is 0 Å². The molecule has 0 atom stereocenters. The average Bonchev–Trinajstić information content (AvgIpc) is 2.15. The first-order chi connectivity index (χ1) is 6.25. The zero-order chi connectivity index (χ0) is 9.68. The average molecular weight is 180 g/mol. The van der Waals surface area contributed by atoms with Crippen LogP contribution in [0.5, 0.6) is 0 Å². The lowest BCUT2D eigenvalue weighted by molar-refractivity contribution is 0.0695. The van der Waals surface area contributed by atoms with Crippen molar-refractivity contribution in [3.8, 4) is 0 Å². The molecule has 1 aromatic rings. The number of carboxylic acids is 1. The van der Waals surface area contributed by atoms with Crippen LogP contribution < -0.4 is 0 Å². The van der Waals surface area contributed by atoms with Gasteiger partial charge in [0.2, 0.25) is 0 Å². The quantitative estimate of drug-likeness (QED) is 0.734. The molecule has 0 amide bonds. The Balaban J connectivity index is 2.84. The molecule has 0 aromatic heterocycles.